The summed E-state index contributed by atoms with van der Waals surface area (Å²) >= 11 is 0. The van der Waals surface area contributed by atoms with Gasteiger partial charge in [0, 0.05) is 0 Å². The van der Waals surface area contributed by atoms with Crippen LogP contribution in [0, 0.1) is 0 Å². The number of hydrogen-bond acceptors (Lipinski definition) is 4. The Morgan fingerprint density at radius 3 is 3.14 bits per heavy atom. The van der Waals surface area contributed by atoms with Crippen LogP contribution in [0.3, 0.4) is 0 Å². The predicted octanol–water partition coefficient (Wildman–Crippen LogP) is -1.06. The number of rotatable bonds is 0. The number of imidazole rings is 1. The maximum Gasteiger partial charge on any atom is 0.441 e. The molecule has 0 bridgehead atoms. The van der Waals surface area contributed by atoms with Crippen LogP contribution >= 0.6 is 12.4 Å². The predicted molar refractivity (Wildman–Crippen MR) is 50.2 cm³/mol. The van der Waals surface area contributed by atoms with E-state index in [4.69, 9.17) is 0 Å². The Balaban J connectivity index is 0.000000750. The fraction of sp³-hybridized carbons (Fsp3) is 0. The van der Waals surface area contributed by atoms with Gasteiger partial charge in [0.1, 0.15) is 18.7 Å². The van der Waals surface area contributed by atoms with Gasteiger partial charge in [0.25, 0.3) is 0 Å². The second kappa shape index (κ2) is 2.85. The molecular formula is C7H5ClN5O+. The lowest BCUT2D eigenvalue weighted by atomic mass is 10.5. The molecular weight excluding hydrogens is 206 g/mol. The Labute approximate surface area is 83.5 Å². The highest BCUT2D eigenvalue weighted by molar-refractivity contribution is 5.85. The van der Waals surface area contributed by atoms with Crippen LogP contribution in [0.2, 0.25) is 0 Å². The Morgan fingerprint density at radius 1 is 1.43 bits per heavy atom. The minimum absolute atomic E-state index is 0. The van der Waals surface area contributed by atoms with Crippen LogP contribution in [0.1, 0.15) is 0 Å². The summed E-state index contributed by atoms with van der Waals surface area (Å²) in [7, 11) is 0. The van der Waals surface area contributed by atoms with Crippen molar-refractivity contribution in [2.24, 2.45) is 9.98 Å². The van der Waals surface area contributed by atoms with Crippen LogP contribution in [0.15, 0.2) is 27.2 Å². The van der Waals surface area contributed by atoms with Gasteiger partial charge in [-0.05, 0) is 0 Å². The smallest absolute Gasteiger partial charge is 0.241 e. The van der Waals surface area contributed by atoms with E-state index in [1.807, 2.05) is 0 Å². The van der Waals surface area contributed by atoms with Gasteiger partial charge in [0.2, 0.25) is 0 Å². The molecule has 6 nitrogen and oxygen atoms in total. The number of aliphatic imine (C=N–C) groups is 1. The van der Waals surface area contributed by atoms with E-state index in [9.17, 15) is 4.79 Å². The highest BCUT2D eigenvalue weighted by atomic mass is 35.5. The van der Waals surface area contributed by atoms with Crippen LogP contribution in [-0.2, 0) is 0 Å². The highest BCUT2D eigenvalue weighted by Crippen LogP contribution is 2.00. The van der Waals surface area contributed by atoms with Crippen molar-refractivity contribution in [2.45, 2.75) is 0 Å². The van der Waals surface area contributed by atoms with Gasteiger partial charge in [-0.25, -0.2) is 19.8 Å². The van der Waals surface area contributed by atoms with E-state index in [-0.39, 0.29) is 18.1 Å². The van der Waals surface area contributed by atoms with Crippen LogP contribution in [0.5, 0.6) is 0 Å². The van der Waals surface area contributed by atoms with E-state index >= 15 is 0 Å². The third-order valence-electron chi connectivity index (χ3n) is 1.90. The summed E-state index contributed by atoms with van der Waals surface area (Å²) in [4.78, 5) is 25.8. The van der Waals surface area contributed by atoms with Crippen molar-refractivity contribution in [1.29, 1.82) is 0 Å². The fourth-order valence-corrected chi connectivity index (χ4v) is 1.33. The largest absolute Gasteiger partial charge is 0.441 e. The number of aromatic amines is 1. The molecule has 1 aliphatic rings. The van der Waals surface area contributed by atoms with Gasteiger partial charge in [-0.1, -0.05) is 0 Å². The first-order valence-corrected chi connectivity index (χ1v) is 3.69. The molecule has 3 heterocycles. The zero-order valence-corrected chi connectivity index (χ0v) is 7.65. The molecule has 0 saturated heterocycles. The lowest BCUT2D eigenvalue weighted by molar-refractivity contribution is -0.344. The number of nitrogens with one attached hydrogen (secondary N) is 1. The van der Waals surface area contributed by atoms with Gasteiger partial charge in [0.05, 0.1) is 0 Å². The number of hydrogen-bond donors (Lipinski definition) is 0. The molecule has 1 N–H and O–H groups in total. The zero-order valence-electron chi connectivity index (χ0n) is 6.84. The summed E-state index contributed by atoms with van der Waals surface area (Å²) in [6.45, 7) is 0. The normalized spacial score (nSPS) is 12.3. The van der Waals surface area contributed by atoms with Crippen molar-refractivity contribution >= 4 is 30.2 Å². The standard InChI is InChI=1S/C7H3N5O.ClH/c13-7-11-5-4(9-3-10-5)6-8-1-2-12(6)7;/h1-3H;1H/p+1. The van der Waals surface area contributed by atoms with Gasteiger partial charge in [-0.15, -0.1) is 21.8 Å². The van der Waals surface area contributed by atoms with Crippen LogP contribution < -0.4 is 16.0 Å². The maximum absolute atomic E-state index is 11.3. The molecule has 0 aliphatic carbocycles. The molecule has 70 valence electrons. The Hall–Kier alpha value is -1.82. The average molecular weight is 211 g/mol. The van der Waals surface area contributed by atoms with E-state index in [0.29, 0.717) is 16.8 Å². The number of fused-ring (bicyclic) bond motifs is 3. The topological polar surface area (TPSA) is 73.2 Å². The quantitative estimate of drug-likeness (QED) is 0.556. The van der Waals surface area contributed by atoms with Gasteiger partial charge in [-0.2, -0.15) is 0 Å². The van der Waals surface area contributed by atoms with Crippen molar-refractivity contribution < 1.29 is 4.98 Å². The van der Waals surface area contributed by atoms with E-state index < -0.39 is 0 Å². The molecule has 0 radical (unpaired) electrons. The molecule has 7 heteroatoms. The van der Waals surface area contributed by atoms with Crippen molar-refractivity contribution in [2.75, 3.05) is 0 Å². The Kier molecular flexibility index (Phi) is 1.78. The average Bonchev–Trinajstić information content (AvgIpc) is 2.66. The molecule has 14 heavy (non-hydrogen) atoms. The molecule has 1 aliphatic heterocycles. The molecule has 0 spiro atoms. The molecule has 3 rings (SSSR count). The van der Waals surface area contributed by atoms with Gasteiger partial charge < -0.3 is 0 Å². The van der Waals surface area contributed by atoms with Crippen LogP contribution in [0.4, 0.5) is 5.82 Å². The monoisotopic (exact) mass is 210 g/mol. The molecule has 2 aromatic heterocycles. The number of aromatic nitrogens is 3. The number of H-pyrrole nitrogens is 1. The summed E-state index contributed by atoms with van der Waals surface area (Å²) in [6.07, 6.45) is 4.66. The molecule has 2 aromatic rings. The Bertz CT molecular complexity index is 631. The maximum atomic E-state index is 11.3. The molecule has 0 amide bonds. The first kappa shape index (κ1) is 8.76. The lowest BCUT2D eigenvalue weighted by Crippen LogP contribution is -2.25. The van der Waals surface area contributed by atoms with Gasteiger partial charge in [-0.3, -0.25) is 0 Å². The van der Waals surface area contributed by atoms with Crippen LogP contribution in [0.25, 0.3) is 5.65 Å². The SMILES string of the molecule is Cl.O=c1nc2c(c3[nH+]ccn13)=NC=N2. The summed E-state index contributed by atoms with van der Waals surface area (Å²) in [6, 6.07) is 0. The van der Waals surface area contributed by atoms with Crippen LogP contribution in [-0.4, -0.2) is 15.7 Å². The Morgan fingerprint density at radius 2 is 2.29 bits per heavy atom. The molecule has 0 saturated carbocycles. The van der Waals surface area contributed by atoms with E-state index in [0.717, 1.165) is 0 Å². The first-order chi connectivity index (χ1) is 6.36. The molecule has 0 aromatic carbocycles. The molecule has 0 fully saturated rings. The zero-order chi connectivity index (χ0) is 8.84. The minimum Gasteiger partial charge on any atom is -0.241 e. The fourth-order valence-electron chi connectivity index (χ4n) is 1.33. The second-order valence-electron chi connectivity index (χ2n) is 2.62. The van der Waals surface area contributed by atoms with E-state index in [1.165, 1.54) is 10.7 Å². The van der Waals surface area contributed by atoms with Gasteiger partial charge >= 0.3 is 11.3 Å². The summed E-state index contributed by atoms with van der Waals surface area (Å²) in [5, 5.41) is 0.615. The second-order valence-corrected chi connectivity index (χ2v) is 2.62. The van der Waals surface area contributed by atoms with Crippen molar-refractivity contribution in [3.63, 3.8) is 0 Å². The third-order valence-corrected chi connectivity index (χ3v) is 1.90. The lowest BCUT2D eigenvalue weighted by Gasteiger charge is -1.84. The van der Waals surface area contributed by atoms with Crippen molar-refractivity contribution in [3.8, 4) is 0 Å². The summed E-state index contributed by atoms with van der Waals surface area (Å²) < 4.78 is 1.40. The number of nitrogens with zero attached hydrogens (tertiary/aromatic N) is 4. The summed E-state index contributed by atoms with van der Waals surface area (Å²) in [5.74, 6) is 0.382. The number of halogens is 1. The first-order valence-electron chi connectivity index (χ1n) is 3.69. The molecule has 0 atom stereocenters. The van der Waals surface area contributed by atoms with E-state index in [1.54, 1.807) is 12.4 Å². The summed E-state index contributed by atoms with van der Waals surface area (Å²) in [5.41, 5.74) is 0.289. The van der Waals surface area contributed by atoms with Crippen molar-refractivity contribution in [1.82, 2.24) is 9.38 Å². The molecule has 0 unspecified atom stereocenters. The third kappa shape index (κ3) is 0.942. The van der Waals surface area contributed by atoms with E-state index in [2.05, 4.69) is 20.0 Å². The highest BCUT2D eigenvalue weighted by Gasteiger charge is 2.16. The van der Waals surface area contributed by atoms with Gasteiger partial charge in [0.15, 0.2) is 11.2 Å². The van der Waals surface area contributed by atoms with Crippen molar-refractivity contribution in [3.05, 3.63) is 28.2 Å². The minimum atomic E-state index is -0.343.